The Hall–Kier alpha value is -1.75. The van der Waals surface area contributed by atoms with Crippen LogP contribution in [0.1, 0.15) is 49.0 Å². The zero-order valence-corrected chi connectivity index (χ0v) is 15.8. The summed E-state index contributed by atoms with van der Waals surface area (Å²) in [6, 6.07) is 6.05. The van der Waals surface area contributed by atoms with Gasteiger partial charge in [0.25, 0.3) is 5.91 Å². The maximum Gasteiger partial charge on any atom is 0.251 e. The van der Waals surface area contributed by atoms with E-state index in [0.717, 1.165) is 62.1 Å². The molecule has 2 aliphatic heterocycles. The zero-order chi connectivity index (χ0) is 17.1. The van der Waals surface area contributed by atoms with Gasteiger partial charge in [0.2, 0.25) is 5.91 Å². The number of anilines is 1. The Bertz CT molecular complexity index is 625. The summed E-state index contributed by atoms with van der Waals surface area (Å²) in [6.07, 6.45) is 3.68. The van der Waals surface area contributed by atoms with E-state index >= 15 is 0 Å². The second-order valence-corrected chi connectivity index (χ2v) is 7.09. The molecule has 1 aromatic rings. The van der Waals surface area contributed by atoms with Crippen LogP contribution in [0.2, 0.25) is 0 Å². The summed E-state index contributed by atoms with van der Waals surface area (Å²) in [4.78, 5) is 26.6. The molecule has 0 atom stereocenters. The summed E-state index contributed by atoms with van der Waals surface area (Å²) in [5.74, 6) is 0.270. The van der Waals surface area contributed by atoms with E-state index in [-0.39, 0.29) is 36.2 Å². The predicted octanol–water partition coefficient (Wildman–Crippen LogP) is 2.84. The van der Waals surface area contributed by atoms with Crippen LogP contribution in [0.15, 0.2) is 18.2 Å². The van der Waals surface area contributed by atoms with E-state index in [9.17, 15) is 9.59 Å². The van der Waals surface area contributed by atoms with Crippen molar-refractivity contribution in [2.75, 3.05) is 25.0 Å². The van der Waals surface area contributed by atoms with Crippen LogP contribution < -0.4 is 10.6 Å². The number of rotatable bonds is 3. The summed E-state index contributed by atoms with van der Waals surface area (Å²) in [7, 11) is 0. The summed E-state index contributed by atoms with van der Waals surface area (Å²) < 4.78 is 0. The number of piperidine rings is 1. The van der Waals surface area contributed by atoms with Gasteiger partial charge in [-0.25, -0.2) is 0 Å². The molecule has 6 heteroatoms. The molecule has 3 rings (SSSR count). The average molecular weight is 366 g/mol. The second-order valence-electron chi connectivity index (χ2n) is 7.09. The van der Waals surface area contributed by atoms with Gasteiger partial charge >= 0.3 is 0 Å². The van der Waals surface area contributed by atoms with Crippen molar-refractivity contribution in [1.82, 2.24) is 10.2 Å². The number of likely N-dealkylation sites (tertiary alicyclic amines) is 1. The third-order valence-electron chi connectivity index (χ3n) is 4.98. The smallest absolute Gasteiger partial charge is 0.251 e. The van der Waals surface area contributed by atoms with Crippen LogP contribution >= 0.6 is 12.4 Å². The predicted molar refractivity (Wildman–Crippen MR) is 102 cm³/mol. The first-order valence-electron chi connectivity index (χ1n) is 9.01. The summed E-state index contributed by atoms with van der Waals surface area (Å²) in [5.41, 5.74) is 3.01. The molecule has 2 N–H and O–H groups in total. The van der Waals surface area contributed by atoms with Crippen LogP contribution in [0.3, 0.4) is 0 Å². The molecular weight excluding hydrogens is 338 g/mol. The number of amides is 2. The number of hydrogen-bond donors (Lipinski definition) is 2. The van der Waals surface area contributed by atoms with Gasteiger partial charge in [0.15, 0.2) is 0 Å². The highest BCUT2D eigenvalue weighted by molar-refractivity contribution is 5.97. The van der Waals surface area contributed by atoms with Gasteiger partial charge in [-0.05, 0) is 43.4 Å². The van der Waals surface area contributed by atoms with Crippen LogP contribution in [0.25, 0.3) is 0 Å². The number of carbonyl (C=O) groups is 2. The van der Waals surface area contributed by atoms with E-state index in [0.29, 0.717) is 0 Å². The van der Waals surface area contributed by atoms with Gasteiger partial charge in [0, 0.05) is 42.8 Å². The van der Waals surface area contributed by atoms with Crippen molar-refractivity contribution in [2.45, 2.75) is 45.6 Å². The number of halogens is 1. The topological polar surface area (TPSA) is 61.4 Å². The molecule has 0 unspecified atom stereocenters. The van der Waals surface area contributed by atoms with E-state index < -0.39 is 0 Å². The highest BCUT2D eigenvalue weighted by atomic mass is 35.5. The van der Waals surface area contributed by atoms with Crippen LogP contribution in [-0.2, 0) is 11.2 Å². The highest BCUT2D eigenvalue weighted by Crippen LogP contribution is 2.25. The van der Waals surface area contributed by atoms with E-state index in [1.54, 1.807) is 0 Å². The van der Waals surface area contributed by atoms with Gasteiger partial charge in [0.05, 0.1) is 0 Å². The Balaban J connectivity index is 0.00000225. The Morgan fingerprint density at radius 2 is 1.96 bits per heavy atom. The maximum absolute atomic E-state index is 12.7. The molecule has 25 heavy (non-hydrogen) atoms. The lowest BCUT2D eigenvalue weighted by molar-refractivity contribution is -0.135. The van der Waals surface area contributed by atoms with Gasteiger partial charge < -0.3 is 15.5 Å². The van der Waals surface area contributed by atoms with Gasteiger partial charge in [-0.1, -0.05) is 19.9 Å². The number of hydrogen-bond acceptors (Lipinski definition) is 3. The van der Waals surface area contributed by atoms with Crippen molar-refractivity contribution in [3.8, 4) is 0 Å². The Kier molecular flexibility index (Phi) is 6.71. The fourth-order valence-corrected chi connectivity index (χ4v) is 3.60. The quantitative estimate of drug-likeness (QED) is 0.865. The van der Waals surface area contributed by atoms with Crippen molar-refractivity contribution >= 4 is 29.9 Å². The molecule has 0 bridgehead atoms. The molecule has 5 nitrogen and oxygen atoms in total. The molecule has 1 fully saturated rings. The largest absolute Gasteiger partial charge is 0.385 e. The standard InChI is InChI=1S/C19H27N3O2.ClH/c1-13(2)19(24)22-11-8-14(9-12-22)21-18(23)16-5-3-7-17-15(16)6-4-10-20-17;/h3,5,7,13-14,20H,4,6,8-12H2,1-2H3,(H,21,23);1H. The number of nitrogens with zero attached hydrogens (tertiary/aromatic N) is 1. The lowest BCUT2D eigenvalue weighted by Gasteiger charge is -2.33. The third-order valence-corrected chi connectivity index (χ3v) is 4.98. The number of carbonyl (C=O) groups excluding carboxylic acids is 2. The molecule has 2 amide bonds. The molecule has 2 heterocycles. The van der Waals surface area contributed by atoms with Crippen molar-refractivity contribution < 1.29 is 9.59 Å². The van der Waals surface area contributed by atoms with Crippen molar-refractivity contribution in [1.29, 1.82) is 0 Å². The minimum Gasteiger partial charge on any atom is -0.385 e. The fourth-order valence-electron chi connectivity index (χ4n) is 3.60. The molecule has 0 aliphatic carbocycles. The summed E-state index contributed by atoms with van der Waals surface area (Å²) in [6.45, 7) is 6.30. The molecule has 0 saturated carbocycles. The number of fused-ring (bicyclic) bond motifs is 1. The molecule has 138 valence electrons. The van der Waals surface area contributed by atoms with Crippen LogP contribution in [-0.4, -0.2) is 42.4 Å². The molecule has 0 radical (unpaired) electrons. The minimum absolute atomic E-state index is 0. The Morgan fingerprint density at radius 3 is 2.64 bits per heavy atom. The van der Waals surface area contributed by atoms with Crippen molar-refractivity contribution in [3.63, 3.8) is 0 Å². The third kappa shape index (κ3) is 4.46. The average Bonchev–Trinajstić information content (AvgIpc) is 2.61. The van der Waals surface area contributed by atoms with Crippen LogP contribution in [0, 0.1) is 5.92 Å². The van der Waals surface area contributed by atoms with Crippen molar-refractivity contribution in [2.24, 2.45) is 5.92 Å². The van der Waals surface area contributed by atoms with Gasteiger partial charge in [-0.3, -0.25) is 9.59 Å². The van der Waals surface area contributed by atoms with E-state index in [2.05, 4.69) is 10.6 Å². The normalized spacial score (nSPS) is 17.3. The molecule has 1 aromatic carbocycles. The van der Waals surface area contributed by atoms with E-state index in [4.69, 9.17) is 0 Å². The van der Waals surface area contributed by atoms with Gasteiger partial charge in [-0.2, -0.15) is 0 Å². The minimum atomic E-state index is 0. The summed E-state index contributed by atoms with van der Waals surface area (Å²) >= 11 is 0. The van der Waals surface area contributed by atoms with Gasteiger partial charge in [0.1, 0.15) is 0 Å². The number of benzene rings is 1. The highest BCUT2D eigenvalue weighted by Gasteiger charge is 2.26. The van der Waals surface area contributed by atoms with E-state index in [1.165, 1.54) is 0 Å². The number of nitrogens with one attached hydrogen (secondary N) is 2. The second kappa shape index (κ2) is 8.56. The molecule has 0 spiro atoms. The monoisotopic (exact) mass is 365 g/mol. The molecular formula is C19H28ClN3O2. The molecule has 0 aromatic heterocycles. The zero-order valence-electron chi connectivity index (χ0n) is 15.0. The van der Waals surface area contributed by atoms with Crippen LogP contribution in [0.5, 0.6) is 0 Å². The first-order chi connectivity index (χ1) is 11.6. The first-order valence-corrected chi connectivity index (χ1v) is 9.01. The van der Waals surface area contributed by atoms with Gasteiger partial charge in [-0.15, -0.1) is 12.4 Å². The lowest BCUT2D eigenvalue weighted by Crippen LogP contribution is -2.47. The van der Waals surface area contributed by atoms with Crippen molar-refractivity contribution in [3.05, 3.63) is 29.3 Å². The molecule has 1 saturated heterocycles. The SMILES string of the molecule is CC(C)C(=O)N1CCC(NC(=O)c2cccc3c2CCCN3)CC1.Cl. The van der Waals surface area contributed by atoms with E-state index in [1.807, 2.05) is 36.9 Å². The first kappa shape index (κ1) is 19.6. The Labute approximate surface area is 155 Å². The van der Waals surface area contributed by atoms with Crippen LogP contribution in [0.4, 0.5) is 5.69 Å². The molecule has 2 aliphatic rings. The lowest BCUT2D eigenvalue weighted by atomic mass is 9.96. The Morgan fingerprint density at radius 1 is 1.24 bits per heavy atom. The fraction of sp³-hybridized carbons (Fsp3) is 0.579. The maximum atomic E-state index is 12.7. The summed E-state index contributed by atoms with van der Waals surface area (Å²) in [5, 5.41) is 6.54.